The van der Waals surface area contributed by atoms with E-state index in [0.717, 1.165) is 42.7 Å². The Morgan fingerprint density at radius 3 is 2.45 bits per heavy atom. The summed E-state index contributed by atoms with van der Waals surface area (Å²) >= 11 is 1.60. The highest BCUT2D eigenvalue weighted by Crippen LogP contribution is 2.21. The van der Waals surface area contributed by atoms with Crippen molar-refractivity contribution >= 4 is 23.6 Å². The third kappa shape index (κ3) is 7.53. The van der Waals surface area contributed by atoms with E-state index < -0.39 is 6.04 Å². The number of carbonyl (C=O) groups excluding carboxylic acids is 2. The summed E-state index contributed by atoms with van der Waals surface area (Å²) in [5.74, 6) is 1.81. The number of benzene rings is 2. The predicted octanol–water partition coefficient (Wildman–Crippen LogP) is 5.10. The highest BCUT2D eigenvalue weighted by Gasteiger charge is 2.28. The SMILES string of the molecule is COc1ccc(CN(C(=O)CSCc2ccccc2C)C(C)C(=O)NC2CCCCC2)cc1. The van der Waals surface area contributed by atoms with Crippen LogP contribution in [0, 0.1) is 6.92 Å². The minimum absolute atomic E-state index is 0.0179. The van der Waals surface area contributed by atoms with Gasteiger partial charge in [0.2, 0.25) is 11.8 Å². The van der Waals surface area contributed by atoms with Gasteiger partial charge >= 0.3 is 0 Å². The average Bonchev–Trinajstić information content (AvgIpc) is 2.84. The summed E-state index contributed by atoms with van der Waals surface area (Å²) in [6.07, 6.45) is 5.60. The maximum absolute atomic E-state index is 13.3. The van der Waals surface area contributed by atoms with Crippen molar-refractivity contribution in [2.24, 2.45) is 0 Å². The monoisotopic (exact) mass is 468 g/mol. The first-order valence-electron chi connectivity index (χ1n) is 11.8. The van der Waals surface area contributed by atoms with Crippen LogP contribution in [0.15, 0.2) is 48.5 Å². The molecule has 1 N–H and O–H groups in total. The number of amides is 2. The molecule has 3 rings (SSSR count). The summed E-state index contributed by atoms with van der Waals surface area (Å²) < 4.78 is 5.25. The van der Waals surface area contributed by atoms with Crippen molar-refractivity contribution in [3.63, 3.8) is 0 Å². The van der Waals surface area contributed by atoms with Gasteiger partial charge in [0, 0.05) is 18.3 Å². The second kappa shape index (κ2) is 12.7. The first-order valence-corrected chi connectivity index (χ1v) is 13.0. The molecule has 0 aliphatic heterocycles. The number of nitrogens with one attached hydrogen (secondary N) is 1. The zero-order chi connectivity index (χ0) is 23.6. The molecule has 1 fully saturated rings. The summed E-state index contributed by atoms with van der Waals surface area (Å²) in [7, 11) is 1.63. The molecule has 1 unspecified atom stereocenters. The Hall–Kier alpha value is -2.47. The molecule has 0 aromatic heterocycles. The molecule has 178 valence electrons. The van der Waals surface area contributed by atoms with Crippen LogP contribution in [0.2, 0.25) is 0 Å². The molecule has 33 heavy (non-hydrogen) atoms. The lowest BCUT2D eigenvalue weighted by Gasteiger charge is -2.31. The van der Waals surface area contributed by atoms with Crippen molar-refractivity contribution in [3.8, 4) is 5.75 Å². The number of nitrogens with zero attached hydrogens (tertiary/aromatic N) is 1. The molecule has 0 bridgehead atoms. The molecule has 0 heterocycles. The first-order chi connectivity index (χ1) is 16.0. The molecule has 2 aromatic rings. The molecule has 5 nitrogen and oxygen atoms in total. The Bertz CT molecular complexity index is 910. The number of carbonyl (C=O) groups is 2. The van der Waals surface area contributed by atoms with E-state index in [1.54, 1.807) is 23.8 Å². The fourth-order valence-corrected chi connectivity index (χ4v) is 5.17. The van der Waals surface area contributed by atoms with Gasteiger partial charge in [-0.1, -0.05) is 55.7 Å². The Balaban J connectivity index is 1.66. The van der Waals surface area contributed by atoms with Crippen LogP contribution in [0.5, 0.6) is 5.75 Å². The zero-order valence-corrected chi connectivity index (χ0v) is 20.8. The highest BCUT2D eigenvalue weighted by molar-refractivity contribution is 7.99. The van der Waals surface area contributed by atoms with Crippen LogP contribution in [-0.4, -0.2) is 41.7 Å². The Labute approximate surface area is 202 Å². The van der Waals surface area contributed by atoms with E-state index >= 15 is 0 Å². The van der Waals surface area contributed by atoms with E-state index in [-0.39, 0.29) is 17.9 Å². The molecule has 0 radical (unpaired) electrons. The van der Waals surface area contributed by atoms with Gasteiger partial charge in [-0.25, -0.2) is 0 Å². The molecule has 2 amide bonds. The minimum Gasteiger partial charge on any atom is -0.497 e. The average molecular weight is 469 g/mol. The quantitative estimate of drug-likeness (QED) is 0.527. The summed E-state index contributed by atoms with van der Waals surface area (Å²) in [6, 6.07) is 15.6. The van der Waals surface area contributed by atoms with Gasteiger partial charge in [-0.05, 0) is 55.5 Å². The predicted molar refractivity (Wildman–Crippen MR) is 135 cm³/mol. The fraction of sp³-hybridized carbons (Fsp3) is 0.481. The van der Waals surface area contributed by atoms with Gasteiger partial charge in [-0.15, -0.1) is 11.8 Å². The zero-order valence-electron chi connectivity index (χ0n) is 20.0. The van der Waals surface area contributed by atoms with E-state index in [2.05, 4.69) is 24.4 Å². The number of thioether (sulfide) groups is 1. The third-order valence-corrected chi connectivity index (χ3v) is 7.34. The summed E-state index contributed by atoms with van der Waals surface area (Å²) in [6.45, 7) is 4.32. The Kier molecular flexibility index (Phi) is 9.67. The van der Waals surface area contributed by atoms with Crippen LogP contribution in [-0.2, 0) is 21.9 Å². The standard InChI is InChI=1S/C27H36N2O3S/c1-20-9-7-8-10-23(20)18-33-19-26(30)29(17-22-13-15-25(32-3)16-14-22)21(2)27(31)28-24-11-5-4-6-12-24/h7-10,13-16,21,24H,4-6,11-12,17-19H2,1-3H3,(H,28,31). The normalized spacial score (nSPS) is 15.0. The number of hydrogen-bond acceptors (Lipinski definition) is 4. The maximum Gasteiger partial charge on any atom is 0.242 e. The fourth-order valence-electron chi connectivity index (χ4n) is 4.18. The minimum atomic E-state index is -0.527. The second-order valence-corrected chi connectivity index (χ2v) is 9.79. The number of hydrogen-bond donors (Lipinski definition) is 1. The molecule has 1 aliphatic carbocycles. The molecule has 0 spiro atoms. The smallest absolute Gasteiger partial charge is 0.242 e. The molecule has 1 aliphatic rings. The van der Waals surface area contributed by atoms with Gasteiger partial charge in [-0.3, -0.25) is 9.59 Å². The van der Waals surface area contributed by atoms with Crippen molar-refractivity contribution in [2.45, 2.75) is 70.3 Å². The van der Waals surface area contributed by atoms with E-state index in [9.17, 15) is 9.59 Å². The first kappa shape index (κ1) is 25.2. The maximum atomic E-state index is 13.3. The van der Waals surface area contributed by atoms with Gasteiger partial charge in [0.05, 0.1) is 12.9 Å². The number of methoxy groups -OCH3 is 1. The molecule has 6 heteroatoms. The lowest BCUT2D eigenvalue weighted by Crippen LogP contribution is -2.50. The lowest BCUT2D eigenvalue weighted by molar-refractivity contribution is -0.139. The van der Waals surface area contributed by atoms with Gasteiger partial charge in [0.1, 0.15) is 11.8 Å². The van der Waals surface area contributed by atoms with E-state index in [0.29, 0.717) is 12.3 Å². The van der Waals surface area contributed by atoms with Gasteiger partial charge in [0.15, 0.2) is 0 Å². The molecule has 0 saturated heterocycles. The van der Waals surface area contributed by atoms with Gasteiger partial charge in [0.25, 0.3) is 0 Å². The van der Waals surface area contributed by atoms with Crippen LogP contribution in [0.3, 0.4) is 0 Å². The van der Waals surface area contributed by atoms with Crippen molar-refractivity contribution in [2.75, 3.05) is 12.9 Å². The van der Waals surface area contributed by atoms with Crippen LogP contribution in [0.1, 0.15) is 55.7 Å². The lowest BCUT2D eigenvalue weighted by atomic mass is 9.95. The van der Waals surface area contributed by atoms with Gasteiger partial charge < -0.3 is 15.0 Å². The van der Waals surface area contributed by atoms with Crippen molar-refractivity contribution < 1.29 is 14.3 Å². The third-order valence-electron chi connectivity index (χ3n) is 6.38. The Morgan fingerprint density at radius 2 is 1.79 bits per heavy atom. The van der Waals surface area contributed by atoms with Crippen LogP contribution in [0.4, 0.5) is 0 Å². The summed E-state index contributed by atoms with van der Waals surface area (Å²) in [5.41, 5.74) is 3.44. The van der Waals surface area contributed by atoms with Crippen molar-refractivity contribution in [3.05, 3.63) is 65.2 Å². The summed E-state index contributed by atoms with van der Waals surface area (Å²) in [5, 5.41) is 3.19. The molecule has 2 aromatic carbocycles. The largest absolute Gasteiger partial charge is 0.497 e. The van der Waals surface area contributed by atoms with Crippen molar-refractivity contribution in [1.82, 2.24) is 10.2 Å². The number of aryl methyl sites for hydroxylation is 1. The number of rotatable bonds is 10. The topological polar surface area (TPSA) is 58.6 Å². The van der Waals surface area contributed by atoms with Crippen LogP contribution >= 0.6 is 11.8 Å². The number of ether oxygens (including phenoxy) is 1. The second-order valence-electron chi connectivity index (χ2n) is 8.81. The van der Waals surface area contributed by atoms with Crippen LogP contribution in [0.25, 0.3) is 0 Å². The van der Waals surface area contributed by atoms with E-state index in [1.165, 1.54) is 17.5 Å². The van der Waals surface area contributed by atoms with Gasteiger partial charge in [-0.2, -0.15) is 0 Å². The van der Waals surface area contributed by atoms with Crippen molar-refractivity contribution in [1.29, 1.82) is 0 Å². The van der Waals surface area contributed by atoms with Crippen LogP contribution < -0.4 is 10.1 Å². The van der Waals surface area contributed by atoms with E-state index in [1.807, 2.05) is 43.3 Å². The molecular weight excluding hydrogens is 432 g/mol. The highest BCUT2D eigenvalue weighted by atomic mass is 32.2. The molecule has 1 saturated carbocycles. The molecule has 1 atom stereocenters. The van der Waals surface area contributed by atoms with E-state index in [4.69, 9.17) is 4.74 Å². The molecular formula is C27H36N2O3S. The Morgan fingerprint density at radius 1 is 1.09 bits per heavy atom. The summed E-state index contributed by atoms with van der Waals surface area (Å²) in [4.78, 5) is 28.1.